The van der Waals surface area contributed by atoms with Gasteiger partial charge in [0.05, 0.1) is 31.4 Å². The van der Waals surface area contributed by atoms with Crippen molar-refractivity contribution in [3.05, 3.63) is 83.6 Å². The fourth-order valence-electron chi connectivity index (χ4n) is 4.11. The minimum Gasteiger partial charge on any atom is -0.494 e. The zero-order valence-corrected chi connectivity index (χ0v) is 20.3. The number of fused-ring (bicyclic) bond motifs is 1. The molecule has 6 nitrogen and oxygen atoms in total. The van der Waals surface area contributed by atoms with Crippen molar-refractivity contribution >= 4 is 16.8 Å². The van der Waals surface area contributed by atoms with Crippen molar-refractivity contribution in [3.8, 4) is 22.6 Å². The van der Waals surface area contributed by atoms with Crippen molar-refractivity contribution in [2.75, 3.05) is 13.7 Å². The Balaban J connectivity index is 1.65. The van der Waals surface area contributed by atoms with E-state index in [0.717, 1.165) is 22.5 Å². The Hall–Kier alpha value is -3.91. The maximum absolute atomic E-state index is 14.1. The van der Waals surface area contributed by atoms with E-state index >= 15 is 0 Å². The number of carbonyl (C=O) groups excluding carboxylic acids is 1. The first-order valence-corrected chi connectivity index (χ1v) is 11.6. The smallest absolute Gasteiger partial charge is 0.255 e. The van der Waals surface area contributed by atoms with Gasteiger partial charge in [-0.05, 0) is 67.3 Å². The number of aliphatic hydroxyl groups is 1. The van der Waals surface area contributed by atoms with Gasteiger partial charge >= 0.3 is 0 Å². The lowest BCUT2D eigenvalue weighted by Gasteiger charge is -2.19. The molecule has 0 unspecified atom stereocenters. The maximum atomic E-state index is 14.1. The molecule has 0 aliphatic heterocycles. The van der Waals surface area contributed by atoms with E-state index < -0.39 is 23.6 Å². The average Bonchev–Trinajstić information content (AvgIpc) is 3.27. The van der Waals surface area contributed by atoms with E-state index in [-0.39, 0.29) is 24.0 Å². The van der Waals surface area contributed by atoms with Crippen LogP contribution < -0.4 is 14.8 Å². The summed E-state index contributed by atoms with van der Waals surface area (Å²) >= 11 is 0. The summed E-state index contributed by atoms with van der Waals surface area (Å²) in [6.07, 6.45) is 2.07. The maximum Gasteiger partial charge on any atom is 0.255 e. The number of ether oxygens (including phenoxy) is 2. The number of carbonyl (C=O) groups is 1. The number of aromatic nitrogens is 1. The molecule has 0 radical (unpaired) electrons. The highest BCUT2D eigenvalue weighted by Crippen LogP contribution is 2.32. The van der Waals surface area contributed by atoms with Gasteiger partial charge < -0.3 is 24.9 Å². The first-order valence-electron chi connectivity index (χ1n) is 11.6. The fraction of sp³-hybridized carbons (Fsp3) is 0.250. The van der Waals surface area contributed by atoms with Gasteiger partial charge in [-0.3, -0.25) is 4.79 Å². The Morgan fingerprint density at radius 1 is 1.06 bits per heavy atom. The van der Waals surface area contributed by atoms with Crippen molar-refractivity contribution < 1.29 is 28.2 Å². The number of hydrogen-bond acceptors (Lipinski definition) is 4. The summed E-state index contributed by atoms with van der Waals surface area (Å²) in [4.78, 5) is 16.6. The summed E-state index contributed by atoms with van der Waals surface area (Å²) in [6.45, 7) is 3.40. The van der Waals surface area contributed by atoms with Crippen molar-refractivity contribution in [1.82, 2.24) is 10.3 Å². The van der Waals surface area contributed by atoms with E-state index in [1.54, 1.807) is 18.2 Å². The molecular formula is C28H28F2N2O4. The summed E-state index contributed by atoms with van der Waals surface area (Å²) in [5, 5.41) is 13.9. The molecule has 0 fully saturated rings. The molecule has 188 valence electrons. The third-order valence-corrected chi connectivity index (χ3v) is 5.83. The van der Waals surface area contributed by atoms with Crippen LogP contribution in [0.4, 0.5) is 8.78 Å². The summed E-state index contributed by atoms with van der Waals surface area (Å²) in [5.41, 5.74) is 2.96. The van der Waals surface area contributed by atoms with Gasteiger partial charge in [0.15, 0.2) is 11.6 Å². The van der Waals surface area contributed by atoms with Crippen molar-refractivity contribution in [2.24, 2.45) is 0 Å². The Kier molecular flexibility index (Phi) is 7.55. The molecule has 0 aliphatic carbocycles. The molecule has 1 atom stereocenters. The molecule has 0 spiro atoms. The first-order chi connectivity index (χ1) is 17.3. The van der Waals surface area contributed by atoms with Crippen LogP contribution in [0.1, 0.15) is 29.8 Å². The van der Waals surface area contributed by atoms with Gasteiger partial charge in [0, 0.05) is 17.1 Å². The number of para-hydroxylation sites is 1. The van der Waals surface area contributed by atoms with Crippen LogP contribution in [0.3, 0.4) is 0 Å². The second-order valence-corrected chi connectivity index (χ2v) is 8.77. The van der Waals surface area contributed by atoms with E-state index in [1.807, 2.05) is 44.3 Å². The summed E-state index contributed by atoms with van der Waals surface area (Å²) < 4.78 is 38.9. The lowest BCUT2D eigenvalue weighted by atomic mass is 10.0. The third-order valence-electron chi connectivity index (χ3n) is 5.83. The van der Waals surface area contributed by atoms with Gasteiger partial charge in [0.1, 0.15) is 5.75 Å². The number of aromatic amines is 1. The monoisotopic (exact) mass is 494 g/mol. The number of rotatable bonds is 9. The molecule has 0 saturated heterocycles. The molecule has 8 heteroatoms. The number of methoxy groups -OCH3 is 1. The van der Waals surface area contributed by atoms with Crippen LogP contribution >= 0.6 is 0 Å². The SMILES string of the molecule is COc1cc(-c2ccc(OC(C)C)c(C(=O)N[C@@H](CO)Cc3c[nH]c4ccccc34)c2)cc(F)c1F. The van der Waals surface area contributed by atoms with Gasteiger partial charge in [0.25, 0.3) is 5.91 Å². The molecule has 4 rings (SSSR count). The van der Waals surface area contributed by atoms with Crippen molar-refractivity contribution in [1.29, 1.82) is 0 Å². The van der Waals surface area contributed by atoms with Crippen LogP contribution in [0, 0.1) is 11.6 Å². The molecule has 1 aromatic heterocycles. The van der Waals surface area contributed by atoms with Crippen molar-refractivity contribution in [2.45, 2.75) is 32.4 Å². The highest BCUT2D eigenvalue weighted by molar-refractivity contribution is 5.98. The number of halogens is 2. The largest absolute Gasteiger partial charge is 0.494 e. The quantitative estimate of drug-likeness (QED) is 0.297. The minimum absolute atomic E-state index is 0.203. The van der Waals surface area contributed by atoms with Gasteiger partial charge in [-0.2, -0.15) is 4.39 Å². The van der Waals surface area contributed by atoms with Crippen LogP contribution in [0.25, 0.3) is 22.0 Å². The number of H-pyrrole nitrogens is 1. The summed E-state index contributed by atoms with van der Waals surface area (Å²) in [5.74, 6) is -2.50. The molecule has 0 bridgehead atoms. The van der Waals surface area contributed by atoms with Gasteiger partial charge in [-0.15, -0.1) is 0 Å². The Morgan fingerprint density at radius 3 is 2.56 bits per heavy atom. The highest BCUT2D eigenvalue weighted by atomic mass is 19.2. The van der Waals surface area contributed by atoms with Gasteiger partial charge in [0.2, 0.25) is 5.82 Å². The van der Waals surface area contributed by atoms with Gasteiger partial charge in [-0.1, -0.05) is 24.3 Å². The number of aliphatic hydroxyl groups excluding tert-OH is 1. The van der Waals surface area contributed by atoms with Gasteiger partial charge in [-0.25, -0.2) is 4.39 Å². The molecular weight excluding hydrogens is 466 g/mol. The Morgan fingerprint density at radius 2 is 1.83 bits per heavy atom. The van der Waals surface area contributed by atoms with E-state index in [1.165, 1.54) is 13.2 Å². The number of nitrogens with one attached hydrogen (secondary N) is 2. The Labute approximate surface area is 207 Å². The van der Waals surface area contributed by atoms with Crippen molar-refractivity contribution in [3.63, 3.8) is 0 Å². The van der Waals surface area contributed by atoms with E-state index in [4.69, 9.17) is 9.47 Å². The lowest BCUT2D eigenvalue weighted by molar-refractivity contribution is 0.0910. The second-order valence-electron chi connectivity index (χ2n) is 8.77. The lowest BCUT2D eigenvalue weighted by Crippen LogP contribution is -2.39. The average molecular weight is 495 g/mol. The molecule has 1 heterocycles. The second kappa shape index (κ2) is 10.8. The summed E-state index contributed by atoms with van der Waals surface area (Å²) in [6, 6.07) is 14.5. The summed E-state index contributed by atoms with van der Waals surface area (Å²) in [7, 11) is 1.25. The zero-order chi connectivity index (χ0) is 25.8. The number of hydrogen-bond donors (Lipinski definition) is 3. The molecule has 3 N–H and O–H groups in total. The van der Waals surface area contributed by atoms with Crippen LogP contribution in [-0.4, -0.2) is 41.9 Å². The van der Waals surface area contributed by atoms with Crippen LogP contribution in [0.5, 0.6) is 11.5 Å². The van der Waals surface area contributed by atoms with E-state index in [0.29, 0.717) is 23.3 Å². The van der Waals surface area contributed by atoms with Crippen LogP contribution in [0.15, 0.2) is 60.8 Å². The highest BCUT2D eigenvalue weighted by Gasteiger charge is 2.21. The Bertz CT molecular complexity index is 1380. The molecule has 1 amide bonds. The number of benzene rings is 3. The van der Waals surface area contributed by atoms with Crippen LogP contribution in [-0.2, 0) is 6.42 Å². The molecule has 36 heavy (non-hydrogen) atoms. The number of amides is 1. The third kappa shape index (κ3) is 5.33. The topological polar surface area (TPSA) is 83.6 Å². The molecule has 4 aromatic rings. The first kappa shape index (κ1) is 25.2. The van der Waals surface area contributed by atoms with E-state index in [2.05, 4.69) is 10.3 Å². The predicted octanol–water partition coefficient (Wildman–Crippen LogP) is 5.24. The normalized spacial score (nSPS) is 12.1. The molecule has 0 saturated carbocycles. The standard InChI is InChI=1S/C28H28F2N2O4/c1-16(2)36-25-9-8-17(18-12-23(29)27(30)26(13-18)35-3)11-22(25)28(34)32-20(15-33)10-19-14-31-24-7-5-4-6-21(19)24/h4-9,11-14,16,20,31,33H,10,15H2,1-3H3,(H,32,34)/t20-/m1/s1. The minimum atomic E-state index is -1.08. The molecule has 0 aliphatic rings. The predicted molar refractivity (Wildman–Crippen MR) is 134 cm³/mol. The van der Waals surface area contributed by atoms with E-state index in [9.17, 15) is 18.7 Å². The fourth-order valence-corrected chi connectivity index (χ4v) is 4.11. The van der Waals surface area contributed by atoms with Crippen LogP contribution in [0.2, 0.25) is 0 Å². The zero-order valence-electron chi connectivity index (χ0n) is 20.3. The molecule has 3 aromatic carbocycles.